The number of aliphatic imine (C=N–C) groups is 1. The molecule has 5 nitrogen and oxygen atoms in total. The molecule has 0 fully saturated rings. The van der Waals surface area contributed by atoms with Crippen molar-refractivity contribution in [1.29, 1.82) is 0 Å². The largest absolute Gasteiger partial charge is 0.493 e. The molecule has 0 unspecified atom stereocenters. The van der Waals surface area contributed by atoms with E-state index in [1.807, 2.05) is 30.3 Å². The van der Waals surface area contributed by atoms with E-state index in [0.29, 0.717) is 17.2 Å². The van der Waals surface area contributed by atoms with Crippen molar-refractivity contribution in [3.8, 4) is 17.2 Å². The summed E-state index contributed by atoms with van der Waals surface area (Å²) in [5.74, 6) is 1.90. The van der Waals surface area contributed by atoms with Gasteiger partial charge in [-0.3, -0.25) is 4.99 Å². The Hall–Kier alpha value is -2.69. The molecule has 2 aromatic rings. The third-order valence-electron chi connectivity index (χ3n) is 3.98. The third-order valence-corrected chi connectivity index (χ3v) is 3.98. The van der Waals surface area contributed by atoms with Crippen LogP contribution in [0.4, 0.5) is 5.69 Å². The van der Waals surface area contributed by atoms with Crippen LogP contribution in [0.1, 0.15) is 16.7 Å². The van der Waals surface area contributed by atoms with Crippen molar-refractivity contribution in [2.24, 2.45) is 4.99 Å². The molecule has 0 bridgehead atoms. The van der Waals surface area contributed by atoms with E-state index in [4.69, 9.17) is 24.9 Å². The van der Waals surface area contributed by atoms with Crippen LogP contribution in [-0.4, -0.2) is 33.6 Å². The van der Waals surface area contributed by atoms with Gasteiger partial charge in [0, 0.05) is 23.4 Å². The lowest BCUT2D eigenvalue weighted by atomic mass is 9.91. The average Bonchev–Trinajstić information content (AvgIpc) is 2.60. The van der Waals surface area contributed by atoms with Crippen LogP contribution in [0.2, 0.25) is 0 Å². The quantitative estimate of drug-likeness (QED) is 0.882. The summed E-state index contributed by atoms with van der Waals surface area (Å²) in [6, 6.07) is 9.69. The smallest absolute Gasteiger partial charge is 0.203 e. The van der Waals surface area contributed by atoms with Gasteiger partial charge < -0.3 is 19.9 Å². The van der Waals surface area contributed by atoms with Gasteiger partial charge in [0.2, 0.25) is 5.75 Å². The van der Waals surface area contributed by atoms with Crippen molar-refractivity contribution in [1.82, 2.24) is 0 Å². The second-order valence-corrected chi connectivity index (χ2v) is 5.28. The van der Waals surface area contributed by atoms with Crippen LogP contribution in [0.5, 0.6) is 17.2 Å². The lowest BCUT2D eigenvalue weighted by Crippen LogP contribution is -2.16. The standard InChI is InChI=1S/C18H20N2O3/c1-21-14-10-12-8-9-20-16(11-4-6-13(19)7-5-11)15(12)18(23-3)17(14)22-2/h4-7,10H,8-9,19H2,1-3H3. The Morgan fingerprint density at radius 2 is 1.65 bits per heavy atom. The highest BCUT2D eigenvalue weighted by molar-refractivity contribution is 6.16. The Kier molecular flexibility index (Phi) is 4.10. The van der Waals surface area contributed by atoms with E-state index in [2.05, 4.69) is 0 Å². The van der Waals surface area contributed by atoms with Crippen molar-refractivity contribution < 1.29 is 14.2 Å². The summed E-state index contributed by atoms with van der Waals surface area (Å²) in [7, 11) is 4.86. The number of nitrogen functional groups attached to an aromatic ring is 1. The van der Waals surface area contributed by atoms with Gasteiger partial charge in [-0.05, 0) is 30.2 Å². The summed E-state index contributed by atoms with van der Waals surface area (Å²) in [4.78, 5) is 4.71. The molecule has 0 atom stereocenters. The van der Waals surface area contributed by atoms with Crippen LogP contribution in [0.25, 0.3) is 0 Å². The van der Waals surface area contributed by atoms with Gasteiger partial charge in [0.25, 0.3) is 0 Å². The molecule has 0 amide bonds. The monoisotopic (exact) mass is 312 g/mol. The zero-order valence-electron chi connectivity index (χ0n) is 13.6. The van der Waals surface area contributed by atoms with Crippen LogP contribution < -0.4 is 19.9 Å². The molecule has 3 rings (SSSR count). The number of rotatable bonds is 4. The highest BCUT2D eigenvalue weighted by Gasteiger charge is 2.26. The number of nitrogens with zero attached hydrogens (tertiary/aromatic N) is 1. The van der Waals surface area contributed by atoms with Gasteiger partial charge in [-0.2, -0.15) is 0 Å². The maximum atomic E-state index is 5.79. The van der Waals surface area contributed by atoms with Gasteiger partial charge in [-0.25, -0.2) is 0 Å². The second-order valence-electron chi connectivity index (χ2n) is 5.28. The molecule has 23 heavy (non-hydrogen) atoms. The summed E-state index contributed by atoms with van der Waals surface area (Å²) in [6.45, 7) is 0.728. The normalized spacial score (nSPS) is 13.1. The Morgan fingerprint density at radius 1 is 0.957 bits per heavy atom. The van der Waals surface area contributed by atoms with Crippen molar-refractivity contribution in [3.05, 3.63) is 47.0 Å². The maximum absolute atomic E-state index is 5.79. The fourth-order valence-electron chi connectivity index (χ4n) is 2.91. The minimum atomic E-state index is 0.582. The number of hydrogen-bond acceptors (Lipinski definition) is 5. The summed E-state index contributed by atoms with van der Waals surface area (Å²) in [5, 5.41) is 0. The Balaban J connectivity index is 2.22. The van der Waals surface area contributed by atoms with E-state index < -0.39 is 0 Å². The van der Waals surface area contributed by atoms with Crippen LogP contribution in [0, 0.1) is 0 Å². The predicted molar refractivity (Wildman–Crippen MR) is 91.2 cm³/mol. The maximum Gasteiger partial charge on any atom is 0.203 e. The Labute approximate surface area is 135 Å². The molecule has 0 aliphatic carbocycles. The molecule has 0 saturated heterocycles. The Morgan fingerprint density at radius 3 is 2.26 bits per heavy atom. The van der Waals surface area contributed by atoms with Crippen LogP contribution in [0.3, 0.4) is 0 Å². The predicted octanol–water partition coefficient (Wildman–Crippen LogP) is 2.69. The second kappa shape index (κ2) is 6.20. The number of ether oxygens (including phenoxy) is 3. The highest BCUT2D eigenvalue weighted by atomic mass is 16.5. The third kappa shape index (κ3) is 2.59. The van der Waals surface area contributed by atoms with Gasteiger partial charge in [-0.15, -0.1) is 0 Å². The zero-order valence-corrected chi connectivity index (χ0v) is 13.6. The average molecular weight is 312 g/mol. The molecule has 2 aromatic carbocycles. The van der Waals surface area contributed by atoms with Gasteiger partial charge in [0.1, 0.15) is 0 Å². The first-order valence-electron chi connectivity index (χ1n) is 7.42. The van der Waals surface area contributed by atoms with Crippen LogP contribution in [0.15, 0.2) is 35.3 Å². The van der Waals surface area contributed by atoms with Crippen molar-refractivity contribution in [2.75, 3.05) is 33.6 Å². The van der Waals surface area contributed by atoms with Crippen molar-refractivity contribution in [3.63, 3.8) is 0 Å². The fraction of sp³-hybridized carbons (Fsp3) is 0.278. The molecule has 1 heterocycles. The molecular formula is C18H20N2O3. The first kappa shape index (κ1) is 15.2. The summed E-state index contributed by atoms with van der Waals surface area (Å²) in [6.07, 6.45) is 0.838. The van der Waals surface area contributed by atoms with E-state index in [9.17, 15) is 0 Å². The minimum absolute atomic E-state index is 0.582. The Bertz CT molecular complexity index is 752. The van der Waals surface area contributed by atoms with Crippen LogP contribution in [-0.2, 0) is 6.42 Å². The number of anilines is 1. The lowest BCUT2D eigenvalue weighted by molar-refractivity contribution is 0.323. The fourth-order valence-corrected chi connectivity index (χ4v) is 2.91. The van der Waals surface area contributed by atoms with E-state index in [1.54, 1.807) is 21.3 Å². The van der Waals surface area contributed by atoms with Gasteiger partial charge in [-0.1, -0.05) is 12.1 Å². The van der Waals surface area contributed by atoms with Crippen LogP contribution >= 0.6 is 0 Å². The molecule has 0 saturated carbocycles. The zero-order chi connectivity index (χ0) is 16.4. The SMILES string of the molecule is COc1cc2c(c(OC)c1OC)C(c1ccc(N)cc1)=NCC2. The first-order valence-corrected chi connectivity index (χ1v) is 7.42. The van der Waals surface area contributed by atoms with Crippen molar-refractivity contribution in [2.45, 2.75) is 6.42 Å². The number of nitrogens with two attached hydrogens (primary N) is 1. The molecule has 5 heteroatoms. The summed E-state index contributed by atoms with van der Waals surface area (Å²) < 4.78 is 16.6. The number of benzene rings is 2. The summed E-state index contributed by atoms with van der Waals surface area (Å²) >= 11 is 0. The molecule has 120 valence electrons. The highest BCUT2D eigenvalue weighted by Crippen LogP contribution is 2.44. The molecule has 0 radical (unpaired) electrons. The first-order chi connectivity index (χ1) is 11.2. The van der Waals surface area contributed by atoms with E-state index in [1.165, 1.54) is 0 Å². The minimum Gasteiger partial charge on any atom is -0.493 e. The van der Waals surface area contributed by atoms with Gasteiger partial charge in [0.15, 0.2) is 11.5 Å². The number of fused-ring (bicyclic) bond motifs is 1. The van der Waals surface area contributed by atoms with E-state index in [0.717, 1.165) is 41.1 Å². The molecular weight excluding hydrogens is 292 g/mol. The van der Waals surface area contributed by atoms with Crippen molar-refractivity contribution >= 4 is 11.4 Å². The number of hydrogen-bond donors (Lipinski definition) is 1. The lowest BCUT2D eigenvalue weighted by Gasteiger charge is -2.23. The molecule has 1 aliphatic heterocycles. The van der Waals surface area contributed by atoms with E-state index >= 15 is 0 Å². The van der Waals surface area contributed by atoms with E-state index in [-0.39, 0.29) is 0 Å². The molecule has 2 N–H and O–H groups in total. The molecule has 0 aromatic heterocycles. The topological polar surface area (TPSA) is 66.1 Å². The molecule has 1 aliphatic rings. The number of methoxy groups -OCH3 is 3. The van der Waals surface area contributed by atoms with Gasteiger partial charge >= 0.3 is 0 Å². The molecule has 0 spiro atoms. The van der Waals surface area contributed by atoms with Gasteiger partial charge in [0.05, 0.1) is 27.0 Å². The summed E-state index contributed by atoms with van der Waals surface area (Å²) in [5.41, 5.74) is 10.5.